The summed E-state index contributed by atoms with van der Waals surface area (Å²) < 4.78 is 1.57. The monoisotopic (exact) mass is 337 g/mol. The van der Waals surface area contributed by atoms with Crippen molar-refractivity contribution in [2.75, 3.05) is 0 Å². The molecule has 2 aromatic heterocycles. The van der Waals surface area contributed by atoms with Gasteiger partial charge in [0.1, 0.15) is 0 Å². The highest BCUT2D eigenvalue weighted by atomic mass is 35.5. The molecule has 4 nitrogen and oxygen atoms in total. The SMILES string of the molecule is Cn1cc(-c2ccc(-c3ccnc[nH]ccc3Cl)cc2)ccc1=O. The average molecular weight is 338 g/mol. The molecule has 24 heavy (non-hydrogen) atoms. The summed E-state index contributed by atoms with van der Waals surface area (Å²) in [6, 6.07) is 15.1. The van der Waals surface area contributed by atoms with Crippen LogP contribution >= 0.6 is 11.6 Å². The molecule has 0 spiro atoms. The third kappa shape index (κ3) is 3.55. The van der Waals surface area contributed by atoms with Crippen LogP contribution in [0.25, 0.3) is 22.3 Å². The van der Waals surface area contributed by atoms with Crippen molar-refractivity contribution >= 4 is 11.6 Å². The molecule has 2 heterocycles. The topological polar surface area (TPSA) is 50.7 Å². The predicted octanol–water partition coefficient (Wildman–Crippen LogP) is 4.22. The minimum atomic E-state index is -0.0241. The largest absolute Gasteiger partial charge is 0.353 e. The Hall–Kier alpha value is -2.85. The highest BCUT2D eigenvalue weighted by molar-refractivity contribution is 6.33. The summed E-state index contributed by atoms with van der Waals surface area (Å²) in [5, 5.41) is 0.624. The van der Waals surface area contributed by atoms with Crippen LogP contribution in [0.2, 0.25) is 5.02 Å². The molecule has 0 radical (unpaired) electrons. The molecule has 0 fully saturated rings. The lowest BCUT2D eigenvalue weighted by molar-refractivity contribution is 0.862. The lowest BCUT2D eigenvalue weighted by Crippen LogP contribution is -2.13. The summed E-state index contributed by atoms with van der Waals surface area (Å²) >= 11 is 6.37. The lowest BCUT2D eigenvalue weighted by Gasteiger charge is -2.06. The molecule has 0 unspecified atom stereocenters. The van der Waals surface area contributed by atoms with E-state index in [2.05, 4.69) is 9.97 Å². The van der Waals surface area contributed by atoms with Crippen molar-refractivity contribution in [3.05, 3.63) is 88.8 Å². The standard InChI is InChI=1S/C19H16ClN3O/c1-23-12-16(6-7-19(23)24)14-2-4-15(5-3-14)17-8-10-21-13-22-11-9-18(17)20/h2-13H,1H3,(H,21,22). The second-order valence-corrected chi connectivity index (χ2v) is 5.71. The van der Waals surface area contributed by atoms with Gasteiger partial charge in [-0.1, -0.05) is 35.9 Å². The number of nitrogens with one attached hydrogen (secondary N) is 1. The van der Waals surface area contributed by atoms with Gasteiger partial charge in [0.2, 0.25) is 5.56 Å². The number of rotatable bonds is 2. The van der Waals surface area contributed by atoms with Crippen molar-refractivity contribution in [3.8, 4) is 22.3 Å². The minimum absolute atomic E-state index is 0.0241. The molecule has 0 aliphatic rings. The quantitative estimate of drug-likeness (QED) is 0.761. The molecule has 3 rings (SSSR count). The van der Waals surface area contributed by atoms with Crippen molar-refractivity contribution in [1.82, 2.24) is 14.5 Å². The summed E-state index contributed by atoms with van der Waals surface area (Å²) in [4.78, 5) is 18.5. The Morgan fingerprint density at radius 2 is 1.67 bits per heavy atom. The molecular formula is C19H16ClN3O. The molecule has 0 aliphatic heterocycles. The molecule has 1 N–H and O–H groups in total. The van der Waals surface area contributed by atoms with Crippen LogP contribution in [0.15, 0.2) is 78.2 Å². The third-order valence-corrected chi connectivity index (χ3v) is 4.00. The second-order valence-electron chi connectivity index (χ2n) is 5.30. The Morgan fingerprint density at radius 3 is 2.42 bits per heavy atom. The van der Waals surface area contributed by atoms with Crippen molar-refractivity contribution in [1.29, 1.82) is 0 Å². The minimum Gasteiger partial charge on any atom is -0.353 e. The fourth-order valence-corrected chi connectivity index (χ4v) is 2.61. The number of aromatic nitrogens is 3. The number of H-pyrrole nitrogens is 1. The molecule has 0 bridgehead atoms. The molecule has 0 saturated heterocycles. The summed E-state index contributed by atoms with van der Waals surface area (Å²) in [6.07, 6.45) is 6.84. The maximum atomic E-state index is 11.5. The van der Waals surface area contributed by atoms with Crippen LogP contribution in [0.4, 0.5) is 0 Å². The number of aromatic amines is 1. The van der Waals surface area contributed by atoms with Gasteiger partial charge in [0.05, 0.1) is 6.33 Å². The van der Waals surface area contributed by atoms with Crippen molar-refractivity contribution in [2.24, 2.45) is 7.05 Å². The number of nitrogens with zero attached hydrogens (tertiary/aromatic N) is 2. The van der Waals surface area contributed by atoms with Crippen molar-refractivity contribution < 1.29 is 0 Å². The van der Waals surface area contributed by atoms with Gasteiger partial charge in [-0.25, -0.2) is 4.98 Å². The summed E-state index contributed by atoms with van der Waals surface area (Å²) in [5.74, 6) is 0. The number of benzene rings is 1. The van der Waals surface area contributed by atoms with Crippen LogP contribution in [0, 0.1) is 0 Å². The number of hydrogen-bond acceptors (Lipinski definition) is 2. The zero-order valence-electron chi connectivity index (χ0n) is 13.1. The van der Waals surface area contributed by atoms with E-state index in [9.17, 15) is 4.79 Å². The molecule has 120 valence electrons. The molecule has 0 amide bonds. The highest BCUT2D eigenvalue weighted by Gasteiger charge is 2.03. The molecular weight excluding hydrogens is 322 g/mol. The summed E-state index contributed by atoms with van der Waals surface area (Å²) in [6.45, 7) is 0. The second kappa shape index (κ2) is 7.15. The number of aryl methyl sites for hydroxylation is 1. The number of halogens is 1. The van der Waals surface area contributed by atoms with Crippen LogP contribution in [0.3, 0.4) is 0 Å². The van der Waals surface area contributed by atoms with Gasteiger partial charge in [-0.2, -0.15) is 0 Å². The third-order valence-electron chi connectivity index (χ3n) is 3.67. The predicted molar refractivity (Wildman–Crippen MR) is 97.3 cm³/mol. The Balaban J connectivity index is 2.03. The fourth-order valence-electron chi connectivity index (χ4n) is 2.38. The summed E-state index contributed by atoms with van der Waals surface area (Å²) in [5.41, 5.74) is 3.88. The van der Waals surface area contributed by atoms with E-state index in [0.29, 0.717) is 5.02 Å². The zero-order chi connectivity index (χ0) is 16.9. The Kier molecular flexibility index (Phi) is 4.77. The molecule has 3 aromatic rings. The van der Waals surface area contributed by atoms with Crippen LogP contribution in [0.1, 0.15) is 0 Å². The van der Waals surface area contributed by atoms with Gasteiger partial charge < -0.3 is 9.55 Å². The van der Waals surface area contributed by atoms with E-state index in [0.717, 1.165) is 22.3 Å². The van der Waals surface area contributed by atoms with E-state index in [-0.39, 0.29) is 5.56 Å². The first kappa shape index (κ1) is 16.0. The maximum absolute atomic E-state index is 11.5. The highest BCUT2D eigenvalue weighted by Crippen LogP contribution is 2.28. The van der Waals surface area contributed by atoms with E-state index in [1.165, 1.54) is 0 Å². The summed E-state index contributed by atoms with van der Waals surface area (Å²) in [7, 11) is 1.74. The van der Waals surface area contributed by atoms with Crippen LogP contribution in [-0.2, 0) is 7.05 Å². The molecule has 1 aromatic carbocycles. The van der Waals surface area contributed by atoms with Gasteiger partial charge in [0, 0.05) is 42.3 Å². The van der Waals surface area contributed by atoms with Gasteiger partial charge in [0.15, 0.2) is 0 Å². The van der Waals surface area contributed by atoms with Crippen molar-refractivity contribution in [3.63, 3.8) is 0 Å². The Labute approximate surface area is 144 Å². The first-order valence-electron chi connectivity index (χ1n) is 7.43. The van der Waals surface area contributed by atoms with E-state index >= 15 is 0 Å². The normalized spacial score (nSPS) is 10.2. The van der Waals surface area contributed by atoms with Crippen LogP contribution in [0.5, 0.6) is 0 Å². The Bertz CT molecular complexity index is 957. The number of hydrogen-bond donors (Lipinski definition) is 1. The molecule has 0 saturated carbocycles. The molecule has 0 aliphatic carbocycles. The van der Waals surface area contributed by atoms with E-state index < -0.39 is 0 Å². The van der Waals surface area contributed by atoms with E-state index in [4.69, 9.17) is 11.6 Å². The zero-order valence-corrected chi connectivity index (χ0v) is 13.9. The van der Waals surface area contributed by atoms with Gasteiger partial charge in [-0.3, -0.25) is 4.79 Å². The maximum Gasteiger partial charge on any atom is 0.250 e. The first-order chi connectivity index (χ1) is 11.6. The van der Waals surface area contributed by atoms with Crippen LogP contribution in [-0.4, -0.2) is 14.5 Å². The molecule has 0 atom stereocenters. The lowest BCUT2D eigenvalue weighted by atomic mass is 10.0. The van der Waals surface area contributed by atoms with Gasteiger partial charge in [0.25, 0.3) is 0 Å². The fraction of sp³-hybridized carbons (Fsp3) is 0.0526. The van der Waals surface area contributed by atoms with E-state index in [1.54, 1.807) is 42.5 Å². The average Bonchev–Trinajstić information content (AvgIpc) is 2.70. The molecule has 5 heteroatoms. The van der Waals surface area contributed by atoms with Gasteiger partial charge in [-0.05, 0) is 34.9 Å². The van der Waals surface area contributed by atoms with Crippen LogP contribution < -0.4 is 5.56 Å². The first-order valence-corrected chi connectivity index (χ1v) is 7.81. The van der Waals surface area contributed by atoms with E-state index in [1.807, 2.05) is 42.6 Å². The Morgan fingerprint density at radius 1 is 0.958 bits per heavy atom. The number of pyridine rings is 1. The van der Waals surface area contributed by atoms with Gasteiger partial charge >= 0.3 is 0 Å². The smallest absolute Gasteiger partial charge is 0.250 e. The van der Waals surface area contributed by atoms with Gasteiger partial charge in [-0.15, -0.1) is 0 Å². The van der Waals surface area contributed by atoms with Crippen molar-refractivity contribution in [2.45, 2.75) is 0 Å².